The topological polar surface area (TPSA) is 81.4 Å². The van der Waals surface area contributed by atoms with Crippen LogP contribution in [0.2, 0.25) is 5.02 Å². The van der Waals surface area contributed by atoms with Crippen LogP contribution in [0.1, 0.15) is 12.5 Å². The third-order valence-corrected chi connectivity index (χ3v) is 4.57. The molecule has 1 unspecified atom stereocenters. The number of likely N-dealkylation sites (N-methyl/N-ethyl adjacent to an activating group) is 1. The first-order valence-electron chi connectivity index (χ1n) is 5.13. The second kappa shape index (κ2) is 5.67. The minimum atomic E-state index is -3.81. The quantitative estimate of drug-likeness (QED) is 0.903. The smallest absolute Gasteiger partial charge is 0.244 e. The molecule has 0 fully saturated rings. The number of benzene rings is 1. The number of hydrogen-bond donors (Lipinski definition) is 1. The van der Waals surface area contributed by atoms with Gasteiger partial charge in [-0.1, -0.05) is 11.6 Å². The van der Waals surface area contributed by atoms with Crippen LogP contribution in [0.5, 0.6) is 0 Å². The van der Waals surface area contributed by atoms with E-state index in [9.17, 15) is 13.5 Å². The van der Waals surface area contributed by atoms with Crippen molar-refractivity contribution in [3.63, 3.8) is 0 Å². The molecule has 0 heterocycles. The van der Waals surface area contributed by atoms with Crippen molar-refractivity contribution >= 4 is 21.6 Å². The summed E-state index contributed by atoms with van der Waals surface area (Å²) in [4.78, 5) is -0.133. The van der Waals surface area contributed by atoms with Crippen LogP contribution >= 0.6 is 11.6 Å². The van der Waals surface area contributed by atoms with E-state index in [4.69, 9.17) is 16.9 Å². The van der Waals surface area contributed by atoms with Crippen LogP contribution in [-0.4, -0.2) is 37.5 Å². The molecule has 1 atom stereocenters. The van der Waals surface area contributed by atoms with Gasteiger partial charge in [-0.3, -0.25) is 0 Å². The normalized spacial score (nSPS) is 13.3. The highest BCUT2D eigenvalue weighted by atomic mass is 35.5. The van der Waals surface area contributed by atoms with Crippen molar-refractivity contribution in [1.82, 2.24) is 4.31 Å². The molecule has 1 N–H and O–H groups in total. The molecule has 1 aromatic rings. The molecular weight excluding hydrogens is 276 g/mol. The van der Waals surface area contributed by atoms with Gasteiger partial charge in [-0.25, -0.2) is 8.42 Å². The van der Waals surface area contributed by atoms with E-state index in [-0.39, 0.29) is 22.0 Å². The van der Waals surface area contributed by atoms with Crippen LogP contribution in [0.25, 0.3) is 0 Å². The summed E-state index contributed by atoms with van der Waals surface area (Å²) in [5.74, 6) is 0. The average molecular weight is 289 g/mol. The van der Waals surface area contributed by atoms with Gasteiger partial charge in [0.2, 0.25) is 10.0 Å². The largest absolute Gasteiger partial charge is 0.392 e. The molecule has 0 amide bonds. The fourth-order valence-electron chi connectivity index (χ4n) is 1.41. The van der Waals surface area contributed by atoms with E-state index in [0.29, 0.717) is 0 Å². The fraction of sp³-hybridized carbons (Fsp3) is 0.364. The zero-order valence-corrected chi connectivity index (χ0v) is 11.5. The van der Waals surface area contributed by atoms with Gasteiger partial charge in [0.1, 0.15) is 4.90 Å². The average Bonchev–Trinajstić information content (AvgIpc) is 2.28. The Labute approximate surface area is 111 Å². The van der Waals surface area contributed by atoms with E-state index < -0.39 is 16.1 Å². The molecular formula is C11H13ClN2O3S. The molecule has 0 saturated carbocycles. The first-order valence-corrected chi connectivity index (χ1v) is 6.95. The van der Waals surface area contributed by atoms with Crippen molar-refractivity contribution < 1.29 is 13.5 Å². The second-order valence-electron chi connectivity index (χ2n) is 3.89. The number of nitrogens with zero attached hydrogens (tertiary/aromatic N) is 2. The standard InChI is InChI=1S/C11H13ClN2O3S/c1-8(15)7-14(2)18(16,17)11-5-9(6-13)3-4-10(11)12/h3-5,8,15H,7H2,1-2H3. The van der Waals surface area contributed by atoms with Crippen LogP contribution in [0.15, 0.2) is 23.1 Å². The Balaban J connectivity index is 3.24. The van der Waals surface area contributed by atoms with Crippen LogP contribution < -0.4 is 0 Å². The Kier molecular flexibility index (Phi) is 4.71. The summed E-state index contributed by atoms with van der Waals surface area (Å²) in [6, 6.07) is 5.88. The predicted molar refractivity (Wildman–Crippen MR) is 67.7 cm³/mol. The number of halogens is 1. The lowest BCUT2D eigenvalue weighted by Gasteiger charge is -2.19. The summed E-state index contributed by atoms with van der Waals surface area (Å²) in [7, 11) is -2.46. The minimum absolute atomic E-state index is 0.0462. The van der Waals surface area contributed by atoms with Crippen molar-refractivity contribution in [2.24, 2.45) is 0 Å². The summed E-state index contributed by atoms with van der Waals surface area (Å²) in [5, 5.41) is 18.0. The zero-order chi connectivity index (χ0) is 13.9. The van der Waals surface area contributed by atoms with Crippen molar-refractivity contribution in [2.75, 3.05) is 13.6 Å². The van der Waals surface area contributed by atoms with E-state index in [2.05, 4.69) is 0 Å². The summed E-state index contributed by atoms with van der Waals surface area (Å²) < 4.78 is 25.4. The SMILES string of the molecule is CC(O)CN(C)S(=O)(=O)c1cc(C#N)ccc1Cl. The molecule has 18 heavy (non-hydrogen) atoms. The Morgan fingerprint density at radius 1 is 1.56 bits per heavy atom. The number of sulfonamides is 1. The fourth-order valence-corrected chi connectivity index (χ4v) is 3.16. The summed E-state index contributed by atoms with van der Waals surface area (Å²) in [6.07, 6.45) is -0.789. The lowest BCUT2D eigenvalue weighted by Crippen LogP contribution is -2.33. The maximum absolute atomic E-state index is 12.2. The van der Waals surface area contributed by atoms with E-state index in [1.165, 1.54) is 32.2 Å². The van der Waals surface area contributed by atoms with Gasteiger partial charge in [0.25, 0.3) is 0 Å². The molecule has 0 aliphatic carbocycles. The lowest BCUT2D eigenvalue weighted by atomic mass is 10.2. The molecule has 0 radical (unpaired) electrons. The van der Waals surface area contributed by atoms with Crippen molar-refractivity contribution in [3.05, 3.63) is 28.8 Å². The van der Waals surface area contributed by atoms with E-state index >= 15 is 0 Å². The highest BCUT2D eigenvalue weighted by Crippen LogP contribution is 2.25. The first kappa shape index (κ1) is 14.9. The van der Waals surface area contributed by atoms with Crippen molar-refractivity contribution in [1.29, 1.82) is 5.26 Å². The number of rotatable bonds is 4. The van der Waals surface area contributed by atoms with Gasteiger partial charge in [0.05, 0.1) is 22.8 Å². The van der Waals surface area contributed by atoms with Gasteiger partial charge in [0.15, 0.2) is 0 Å². The number of aliphatic hydroxyl groups is 1. The molecule has 0 aliphatic rings. The lowest BCUT2D eigenvalue weighted by molar-refractivity contribution is 0.171. The predicted octanol–water partition coefficient (Wildman–Crippen LogP) is 1.21. The molecule has 7 heteroatoms. The van der Waals surface area contributed by atoms with E-state index in [1.807, 2.05) is 6.07 Å². The highest BCUT2D eigenvalue weighted by molar-refractivity contribution is 7.89. The number of nitriles is 1. The van der Waals surface area contributed by atoms with Gasteiger partial charge in [-0.15, -0.1) is 0 Å². The third-order valence-electron chi connectivity index (χ3n) is 2.27. The molecule has 0 saturated heterocycles. The van der Waals surface area contributed by atoms with E-state index in [0.717, 1.165) is 4.31 Å². The molecule has 0 aliphatic heterocycles. The number of aliphatic hydroxyl groups excluding tert-OH is 1. The molecule has 1 aromatic carbocycles. The Hall–Kier alpha value is -1.13. The minimum Gasteiger partial charge on any atom is -0.392 e. The summed E-state index contributed by atoms with van der Waals surface area (Å²) in [6.45, 7) is 1.44. The van der Waals surface area contributed by atoms with Crippen LogP contribution in [0, 0.1) is 11.3 Å². The highest BCUT2D eigenvalue weighted by Gasteiger charge is 2.24. The number of hydrogen-bond acceptors (Lipinski definition) is 4. The van der Waals surface area contributed by atoms with Gasteiger partial charge < -0.3 is 5.11 Å². The van der Waals surface area contributed by atoms with Gasteiger partial charge in [-0.2, -0.15) is 9.57 Å². The Bertz CT molecular complexity index is 578. The van der Waals surface area contributed by atoms with Crippen LogP contribution in [-0.2, 0) is 10.0 Å². The molecule has 98 valence electrons. The maximum Gasteiger partial charge on any atom is 0.244 e. The zero-order valence-electron chi connectivity index (χ0n) is 9.96. The van der Waals surface area contributed by atoms with Crippen molar-refractivity contribution in [3.8, 4) is 6.07 Å². The van der Waals surface area contributed by atoms with Crippen molar-refractivity contribution in [2.45, 2.75) is 17.9 Å². The molecule has 0 aromatic heterocycles. The van der Waals surface area contributed by atoms with Crippen LogP contribution in [0.3, 0.4) is 0 Å². The molecule has 5 nitrogen and oxygen atoms in total. The summed E-state index contributed by atoms with van der Waals surface area (Å²) >= 11 is 5.84. The maximum atomic E-state index is 12.2. The third kappa shape index (κ3) is 3.21. The first-order chi connectivity index (χ1) is 8.28. The van der Waals surface area contributed by atoms with Gasteiger partial charge in [0, 0.05) is 13.6 Å². The van der Waals surface area contributed by atoms with Gasteiger partial charge >= 0.3 is 0 Å². The van der Waals surface area contributed by atoms with Crippen LogP contribution in [0.4, 0.5) is 0 Å². The molecule has 0 bridgehead atoms. The second-order valence-corrected chi connectivity index (χ2v) is 6.31. The van der Waals surface area contributed by atoms with E-state index in [1.54, 1.807) is 0 Å². The molecule has 0 spiro atoms. The Morgan fingerprint density at radius 3 is 2.67 bits per heavy atom. The molecule has 1 rings (SSSR count). The monoisotopic (exact) mass is 288 g/mol. The van der Waals surface area contributed by atoms with Gasteiger partial charge in [-0.05, 0) is 25.1 Å². The Morgan fingerprint density at radius 2 is 2.17 bits per heavy atom. The summed E-state index contributed by atoms with van der Waals surface area (Å²) in [5.41, 5.74) is 0.212.